The molecule has 2 aromatic heterocycles. The topological polar surface area (TPSA) is 95.7 Å². The predicted molar refractivity (Wildman–Crippen MR) is 67.2 cm³/mol. The van der Waals surface area contributed by atoms with Crippen molar-refractivity contribution in [3.63, 3.8) is 0 Å². The van der Waals surface area contributed by atoms with Gasteiger partial charge in [-0.2, -0.15) is 0 Å². The van der Waals surface area contributed by atoms with E-state index in [1.807, 2.05) is 0 Å². The third-order valence-electron chi connectivity index (χ3n) is 3.05. The molecule has 0 aliphatic carbocycles. The molecule has 1 fully saturated rings. The van der Waals surface area contributed by atoms with E-state index in [-0.39, 0.29) is 17.6 Å². The summed E-state index contributed by atoms with van der Waals surface area (Å²) in [6, 6.07) is 5.13. The maximum absolute atomic E-state index is 11.4. The summed E-state index contributed by atoms with van der Waals surface area (Å²) >= 11 is 0. The van der Waals surface area contributed by atoms with Crippen molar-refractivity contribution < 1.29 is 14.7 Å². The zero-order valence-corrected chi connectivity index (χ0v) is 9.96. The molecule has 1 aliphatic heterocycles. The number of nitrogens with one attached hydrogen (secondary N) is 2. The van der Waals surface area contributed by atoms with Crippen LogP contribution in [0.1, 0.15) is 16.9 Å². The van der Waals surface area contributed by atoms with Crippen LogP contribution in [0.5, 0.6) is 0 Å². The number of amides is 1. The van der Waals surface area contributed by atoms with Gasteiger partial charge in [0.15, 0.2) is 11.5 Å². The normalized spacial score (nSPS) is 18.5. The van der Waals surface area contributed by atoms with Crippen LogP contribution in [0.2, 0.25) is 0 Å². The van der Waals surface area contributed by atoms with E-state index in [4.69, 9.17) is 0 Å². The average molecular weight is 260 g/mol. The van der Waals surface area contributed by atoms with Gasteiger partial charge in [-0.15, -0.1) is 0 Å². The molecule has 0 aromatic carbocycles. The molecule has 7 nitrogen and oxygen atoms in total. The Hall–Kier alpha value is -2.57. The molecule has 3 rings (SSSR count). The third kappa shape index (κ3) is 1.99. The molecule has 2 aromatic rings. The lowest BCUT2D eigenvalue weighted by atomic mass is 10.2. The number of carbonyl (C=O) groups is 2. The maximum Gasteiger partial charge on any atom is 0.356 e. The van der Waals surface area contributed by atoms with Crippen molar-refractivity contribution in [3.8, 4) is 0 Å². The first kappa shape index (κ1) is 11.5. The standard InChI is InChI=1S/C12H12N4O3/c17-9-5-7(6-13-9)14-11-10(12(18)19)16-4-2-1-3-8(16)15-11/h1-4,7,14H,5-6H2,(H,13,17)(H,18,19). The summed E-state index contributed by atoms with van der Waals surface area (Å²) in [5.41, 5.74) is 0.634. The molecule has 1 atom stereocenters. The maximum atomic E-state index is 11.4. The number of rotatable bonds is 3. The lowest BCUT2D eigenvalue weighted by molar-refractivity contribution is -0.119. The molecule has 98 valence electrons. The second-order valence-electron chi connectivity index (χ2n) is 4.39. The number of carboxylic acids is 1. The Bertz CT molecular complexity index is 664. The van der Waals surface area contributed by atoms with Crippen LogP contribution >= 0.6 is 0 Å². The van der Waals surface area contributed by atoms with Crippen molar-refractivity contribution in [2.75, 3.05) is 11.9 Å². The zero-order valence-electron chi connectivity index (χ0n) is 9.96. The summed E-state index contributed by atoms with van der Waals surface area (Å²) in [5, 5.41) is 15.0. The second kappa shape index (κ2) is 4.27. The van der Waals surface area contributed by atoms with E-state index in [9.17, 15) is 14.7 Å². The molecule has 0 spiro atoms. The van der Waals surface area contributed by atoms with Gasteiger partial charge in [0.05, 0.1) is 6.04 Å². The van der Waals surface area contributed by atoms with Crippen molar-refractivity contribution in [3.05, 3.63) is 30.1 Å². The first-order valence-corrected chi connectivity index (χ1v) is 5.89. The lowest BCUT2D eigenvalue weighted by Crippen LogP contribution is -2.23. The van der Waals surface area contributed by atoms with E-state index in [1.54, 1.807) is 24.4 Å². The van der Waals surface area contributed by atoms with Gasteiger partial charge in [-0.25, -0.2) is 9.78 Å². The molecule has 19 heavy (non-hydrogen) atoms. The number of pyridine rings is 1. The fraction of sp³-hybridized carbons (Fsp3) is 0.250. The summed E-state index contributed by atoms with van der Waals surface area (Å²) in [5.74, 6) is -0.808. The van der Waals surface area contributed by atoms with E-state index in [0.717, 1.165) is 0 Å². The highest BCUT2D eigenvalue weighted by molar-refractivity contribution is 5.93. The number of aromatic carboxylic acids is 1. The van der Waals surface area contributed by atoms with Crippen LogP contribution in [0.4, 0.5) is 5.82 Å². The fourth-order valence-electron chi connectivity index (χ4n) is 2.20. The molecule has 7 heteroatoms. The van der Waals surface area contributed by atoms with Gasteiger partial charge in [-0.3, -0.25) is 9.20 Å². The van der Waals surface area contributed by atoms with Gasteiger partial charge < -0.3 is 15.7 Å². The van der Waals surface area contributed by atoms with E-state index in [0.29, 0.717) is 24.4 Å². The van der Waals surface area contributed by atoms with Crippen LogP contribution < -0.4 is 10.6 Å². The molecule has 1 saturated heterocycles. The average Bonchev–Trinajstić information content (AvgIpc) is 2.92. The summed E-state index contributed by atoms with van der Waals surface area (Å²) in [6.45, 7) is 0.478. The number of carbonyl (C=O) groups excluding carboxylic acids is 1. The zero-order chi connectivity index (χ0) is 13.4. The summed E-state index contributed by atoms with van der Waals surface area (Å²) in [6.07, 6.45) is 1.97. The predicted octanol–water partition coefficient (Wildman–Crippen LogP) is 0.333. The first-order chi connectivity index (χ1) is 9.15. The van der Waals surface area contributed by atoms with Gasteiger partial charge in [-0.05, 0) is 12.1 Å². The smallest absolute Gasteiger partial charge is 0.356 e. The lowest BCUT2D eigenvalue weighted by Gasteiger charge is -2.09. The van der Waals surface area contributed by atoms with Gasteiger partial charge in [0.1, 0.15) is 5.65 Å². The minimum Gasteiger partial charge on any atom is -0.476 e. The highest BCUT2D eigenvalue weighted by atomic mass is 16.4. The molecule has 1 amide bonds. The number of hydrogen-bond acceptors (Lipinski definition) is 4. The Balaban J connectivity index is 2.00. The fourth-order valence-corrected chi connectivity index (χ4v) is 2.20. The van der Waals surface area contributed by atoms with E-state index >= 15 is 0 Å². The molecular weight excluding hydrogens is 248 g/mol. The summed E-state index contributed by atoms with van der Waals surface area (Å²) in [4.78, 5) is 26.7. The van der Waals surface area contributed by atoms with Crippen LogP contribution in [0.25, 0.3) is 5.65 Å². The molecule has 0 radical (unpaired) electrons. The minimum atomic E-state index is -1.06. The highest BCUT2D eigenvalue weighted by Gasteiger charge is 2.25. The monoisotopic (exact) mass is 260 g/mol. The van der Waals surface area contributed by atoms with Gasteiger partial charge >= 0.3 is 5.97 Å². The molecular formula is C12H12N4O3. The number of imidazole rings is 1. The van der Waals surface area contributed by atoms with Crippen molar-refractivity contribution in [1.29, 1.82) is 0 Å². The Labute approximate surface area is 108 Å². The third-order valence-corrected chi connectivity index (χ3v) is 3.05. The molecule has 1 aliphatic rings. The number of hydrogen-bond donors (Lipinski definition) is 3. The van der Waals surface area contributed by atoms with Gasteiger partial charge in [0.2, 0.25) is 5.91 Å². The number of fused-ring (bicyclic) bond motifs is 1. The van der Waals surface area contributed by atoms with Crippen LogP contribution in [-0.4, -0.2) is 39.0 Å². The number of anilines is 1. The van der Waals surface area contributed by atoms with E-state index in [1.165, 1.54) is 4.40 Å². The van der Waals surface area contributed by atoms with Crippen LogP contribution in [-0.2, 0) is 4.79 Å². The molecule has 0 saturated carbocycles. The number of carboxylic acid groups (broad SMARTS) is 1. The van der Waals surface area contributed by atoms with Crippen molar-refractivity contribution in [1.82, 2.24) is 14.7 Å². The first-order valence-electron chi connectivity index (χ1n) is 5.89. The van der Waals surface area contributed by atoms with Crippen molar-refractivity contribution >= 4 is 23.3 Å². The van der Waals surface area contributed by atoms with Crippen molar-refractivity contribution in [2.45, 2.75) is 12.5 Å². The van der Waals surface area contributed by atoms with E-state index < -0.39 is 5.97 Å². The van der Waals surface area contributed by atoms with Crippen LogP contribution in [0.3, 0.4) is 0 Å². The molecule has 3 N–H and O–H groups in total. The Morgan fingerprint density at radius 2 is 2.37 bits per heavy atom. The summed E-state index contributed by atoms with van der Waals surface area (Å²) < 4.78 is 1.51. The molecule has 3 heterocycles. The van der Waals surface area contributed by atoms with Gasteiger partial charge in [0.25, 0.3) is 0 Å². The van der Waals surface area contributed by atoms with Crippen LogP contribution in [0.15, 0.2) is 24.4 Å². The summed E-state index contributed by atoms with van der Waals surface area (Å²) in [7, 11) is 0. The Kier molecular flexibility index (Phi) is 2.59. The Morgan fingerprint density at radius 1 is 1.53 bits per heavy atom. The SMILES string of the molecule is O=C1CC(Nc2nc3ccccn3c2C(=O)O)CN1. The van der Waals surface area contributed by atoms with Gasteiger partial charge in [-0.1, -0.05) is 6.07 Å². The van der Waals surface area contributed by atoms with Crippen molar-refractivity contribution in [2.24, 2.45) is 0 Å². The van der Waals surface area contributed by atoms with Crippen LogP contribution in [0, 0.1) is 0 Å². The molecule has 0 bridgehead atoms. The Morgan fingerprint density at radius 3 is 3.05 bits per heavy atom. The highest BCUT2D eigenvalue weighted by Crippen LogP contribution is 2.19. The second-order valence-corrected chi connectivity index (χ2v) is 4.39. The number of nitrogens with zero attached hydrogens (tertiary/aromatic N) is 2. The quantitative estimate of drug-likeness (QED) is 0.739. The molecule has 1 unspecified atom stereocenters. The van der Waals surface area contributed by atoms with Gasteiger partial charge in [0, 0.05) is 19.2 Å². The largest absolute Gasteiger partial charge is 0.476 e. The van der Waals surface area contributed by atoms with E-state index in [2.05, 4.69) is 15.6 Å². The minimum absolute atomic E-state index is 0.0434. The number of aromatic nitrogens is 2.